The average molecular weight is 180 g/mol. The Morgan fingerprint density at radius 2 is 2.38 bits per heavy atom. The monoisotopic (exact) mass is 180 g/mol. The van der Waals surface area contributed by atoms with Crippen LogP contribution in [0.4, 0.5) is 4.39 Å². The summed E-state index contributed by atoms with van der Waals surface area (Å²) in [6, 6.07) is 1.95. The third-order valence-electron chi connectivity index (χ3n) is 2.49. The van der Waals surface area contributed by atoms with Gasteiger partial charge in [-0.3, -0.25) is 4.98 Å². The second-order valence-electron chi connectivity index (χ2n) is 3.40. The molecular weight excluding hydrogens is 167 g/mol. The van der Waals surface area contributed by atoms with Crippen LogP contribution in [-0.4, -0.2) is 11.5 Å². The fourth-order valence-corrected chi connectivity index (χ4v) is 1.79. The summed E-state index contributed by atoms with van der Waals surface area (Å²) in [5.41, 5.74) is 0.759. The Hall–Kier alpha value is -0.960. The van der Waals surface area contributed by atoms with Crippen LogP contribution in [0.1, 0.15) is 30.9 Å². The van der Waals surface area contributed by atoms with Crippen molar-refractivity contribution in [2.45, 2.75) is 25.3 Å². The highest BCUT2D eigenvalue weighted by molar-refractivity contribution is 5.17. The molecule has 1 saturated heterocycles. The van der Waals surface area contributed by atoms with Crippen molar-refractivity contribution in [3.8, 4) is 0 Å². The Morgan fingerprint density at radius 1 is 1.46 bits per heavy atom. The zero-order valence-electron chi connectivity index (χ0n) is 7.46. The molecule has 2 heterocycles. The molecule has 0 saturated carbocycles. The molecule has 1 fully saturated rings. The van der Waals surface area contributed by atoms with Gasteiger partial charge in [-0.05, 0) is 25.5 Å². The highest BCUT2D eigenvalue weighted by Gasteiger charge is 2.17. The van der Waals surface area contributed by atoms with E-state index in [-0.39, 0.29) is 11.9 Å². The van der Waals surface area contributed by atoms with E-state index in [0.29, 0.717) is 0 Å². The van der Waals surface area contributed by atoms with Crippen LogP contribution in [0.25, 0.3) is 0 Å². The Balaban J connectivity index is 2.18. The first-order valence-corrected chi connectivity index (χ1v) is 4.71. The summed E-state index contributed by atoms with van der Waals surface area (Å²) in [6.07, 6.45) is 6.34. The minimum absolute atomic E-state index is 0.191. The minimum Gasteiger partial charge on any atom is -0.310 e. The van der Waals surface area contributed by atoms with Crippen molar-refractivity contribution < 1.29 is 4.39 Å². The molecule has 0 aromatic carbocycles. The van der Waals surface area contributed by atoms with Crippen LogP contribution in [0.2, 0.25) is 0 Å². The number of nitrogens with zero attached hydrogens (tertiary/aromatic N) is 1. The minimum atomic E-state index is -0.193. The molecule has 0 aliphatic carbocycles. The molecule has 1 aliphatic rings. The van der Waals surface area contributed by atoms with Gasteiger partial charge in [0, 0.05) is 17.8 Å². The molecule has 1 aromatic rings. The molecule has 0 spiro atoms. The standard InChI is InChI=1S/C10H13FN2/c11-9-7-12-6-4-8(9)10-3-1-2-5-13-10/h4,6-7,10,13H,1-3,5H2/t10-/m0/s1. The number of rotatable bonds is 1. The molecule has 3 heteroatoms. The Bertz CT molecular complexity index is 282. The number of halogens is 1. The lowest BCUT2D eigenvalue weighted by Gasteiger charge is -2.23. The number of nitrogens with one attached hydrogen (secondary N) is 1. The topological polar surface area (TPSA) is 24.9 Å². The van der Waals surface area contributed by atoms with Crippen molar-refractivity contribution in [2.24, 2.45) is 0 Å². The molecule has 70 valence electrons. The maximum atomic E-state index is 13.3. The molecule has 1 aliphatic heterocycles. The average Bonchev–Trinajstić information content (AvgIpc) is 2.20. The van der Waals surface area contributed by atoms with E-state index >= 15 is 0 Å². The predicted molar refractivity (Wildman–Crippen MR) is 48.8 cm³/mol. The predicted octanol–water partition coefficient (Wildman–Crippen LogP) is 2.04. The largest absolute Gasteiger partial charge is 0.310 e. The molecule has 1 atom stereocenters. The summed E-state index contributed by atoms with van der Waals surface area (Å²) in [5, 5.41) is 3.31. The number of aromatic nitrogens is 1. The lowest BCUT2D eigenvalue weighted by molar-refractivity contribution is 0.399. The third-order valence-corrected chi connectivity index (χ3v) is 2.49. The summed E-state index contributed by atoms with van der Waals surface area (Å²) in [4.78, 5) is 3.74. The highest BCUT2D eigenvalue weighted by Crippen LogP contribution is 2.23. The van der Waals surface area contributed by atoms with Crippen molar-refractivity contribution in [3.63, 3.8) is 0 Å². The highest BCUT2D eigenvalue weighted by atomic mass is 19.1. The molecule has 1 aromatic heterocycles. The van der Waals surface area contributed by atoms with E-state index in [4.69, 9.17) is 0 Å². The summed E-state index contributed by atoms with van der Waals surface area (Å²) in [7, 11) is 0. The van der Waals surface area contributed by atoms with Crippen LogP contribution >= 0.6 is 0 Å². The number of piperidine rings is 1. The number of hydrogen-bond donors (Lipinski definition) is 1. The number of pyridine rings is 1. The van der Waals surface area contributed by atoms with E-state index in [1.807, 2.05) is 0 Å². The first-order valence-electron chi connectivity index (χ1n) is 4.71. The zero-order valence-corrected chi connectivity index (χ0v) is 7.46. The van der Waals surface area contributed by atoms with Crippen LogP contribution < -0.4 is 5.32 Å². The molecule has 2 rings (SSSR count). The van der Waals surface area contributed by atoms with Crippen LogP contribution in [0.15, 0.2) is 18.5 Å². The van der Waals surface area contributed by atoms with E-state index in [0.717, 1.165) is 18.5 Å². The molecule has 0 bridgehead atoms. The Kier molecular flexibility index (Phi) is 2.54. The van der Waals surface area contributed by atoms with Gasteiger partial charge in [0.2, 0.25) is 0 Å². The van der Waals surface area contributed by atoms with E-state index in [1.54, 1.807) is 12.3 Å². The summed E-state index contributed by atoms with van der Waals surface area (Å²) in [6.45, 7) is 0.992. The normalized spacial score (nSPS) is 23.0. The van der Waals surface area contributed by atoms with Gasteiger partial charge in [0.25, 0.3) is 0 Å². The molecular formula is C10H13FN2. The maximum Gasteiger partial charge on any atom is 0.146 e. The van der Waals surface area contributed by atoms with E-state index in [9.17, 15) is 4.39 Å². The van der Waals surface area contributed by atoms with Gasteiger partial charge in [0.05, 0.1) is 6.20 Å². The maximum absolute atomic E-state index is 13.3. The Morgan fingerprint density at radius 3 is 3.08 bits per heavy atom. The van der Waals surface area contributed by atoms with Crippen LogP contribution in [0.5, 0.6) is 0 Å². The van der Waals surface area contributed by atoms with E-state index in [2.05, 4.69) is 10.3 Å². The van der Waals surface area contributed by atoms with Crippen molar-refractivity contribution in [2.75, 3.05) is 6.54 Å². The van der Waals surface area contributed by atoms with Gasteiger partial charge in [-0.1, -0.05) is 6.42 Å². The van der Waals surface area contributed by atoms with Gasteiger partial charge in [-0.25, -0.2) is 4.39 Å². The molecule has 1 N–H and O–H groups in total. The second kappa shape index (κ2) is 3.83. The lowest BCUT2D eigenvalue weighted by Crippen LogP contribution is -2.27. The lowest BCUT2D eigenvalue weighted by atomic mass is 9.98. The van der Waals surface area contributed by atoms with Gasteiger partial charge in [-0.15, -0.1) is 0 Å². The summed E-state index contributed by atoms with van der Waals surface area (Å²) in [5.74, 6) is -0.193. The van der Waals surface area contributed by atoms with Crippen LogP contribution in [0, 0.1) is 5.82 Å². The van der Waals surface area contributed by atoms with E-state index < -0.39 is 0 Å². The van der Waals surface area contributed by atoms with Gasteiger partial charge < -0.3 is 5.32 Å². The smallest absolute Gasteiger partial charge is 0.146 e. The van der Waals surface area contributed by atoms with Crippen LogP contribution in [-0.2, 0) is 0 Å². The molecule has 13 heavy (non-hydrogen) atoms. The SMILES string of the molecule is Fc1cnccc1[C@@H]1CCCCN1. The molecule has 0 radical (unpaired) electrons. The first-order chi connectivity index (χ1) is 6.38. The van der Waals surface area contributed by atoms with Gasteiger partial charge in [0.15, 0.2) is 0 Å². The zero-order chi connectivity index (χ0) is 9.10. The second-order valence-corrected chi connectivity index (χ2v) is 3.40. The third kappa shape index (κ3) is 1.86. The van der Waals surface area contributed by atoms with Crippen molar-refractivity contribution in [3.05, 3.63) is 29.8 Å². The van der Waals surface area contributed by atoms with E-state index in [1.165, 1.54) is 19.0 Å². The molecule has 0 unspecified atom stereocenters. The fraction of sp³-hybridized carbons (Fsp3) is 0.500. The Labute approximate surface area is 77.2 Å². The summed E-state index contributed by atoms with van der Waals surface area (Å²) < 4.78 is 13.3. The quantitative estimate of drug-likeness (QED) is 0.715. The van der Waals surface area contributed by atoms with Crippen molar-refractivity contribution >= 4 is 0 Å². The van der Waals surface area contributed by atoms with Gasteiger partial charge >= 0.3 is 0 Å². The first kappa shape index (κ1) is 8.63. The van der Waals surface area contributed by atoms with Gasteiger partial charge in [-0.2, -0.15) is 0 Å². The fourth-order valence-electron chi connectivity index (χ4n) is 1.79. The molecule has 2 nitrogen and oxygen atoms in total. The summed E-state index contributed by atoms with van der Waals surface area (Å²) >= 11 is 0. The van der Waals surface area contributed by atoms with Crippen LogP contribution in [0.3, 0.4) is 0 Å². The number of hydrogen-bond acceptors (Lipinski definition) is 2. The van der Waals surface area contributed by atoms with Crippen molar-refractivity contribution in [1.29, 1.82) is 0 Å². The molecule has 0 amide bonds. The van der Waals surface area contributed by atoms with Gasteiger partial charge in [0.1, 0.15) is 5.82 Å². The van der Waals surface area contributed by atoms with Crippen molar-refractivity contribution in [1.82, 2.24) is 10.3 Å².